The summed E-state index contributed by atoms with van der Waals surface area (Å²) in [4.78, 5) is 14.8. The number of nitrogens with one attached hydrogen (secondary N) is 2. The largest absolute Gasteiger partial charge is 0.355 e. The standard InChI is InChI=1S/C54H36N6/c55-34-42-32-46-49(60(44-23-8-3-9-24-44)48-29-28-36-27-26-35-14-10-11-25-45(35)50(36)51(46)48)33-47(42)56-43-22-13-20-40(31-43)39-19-12-21-41(30-39)54-58-52(37-15-4-1-5-16-37)57-53(59-54)38-17-6-2-7-18-38/h1-34,55-56H. The fourth-order valence-electron chi connectivity index (χ4n) is 8.46. The number of nitrogens with zero attached hydrogens (tertiary/aromatic N) is 4. The van der Waals surface area contributed by atoms with Crippen molar-refractivity contribution < 1.29 is 0 Å². The van der Waals surface area contributed by atoms with Crippen LogP contribution in [0, 0.1) is 5.41 Å². The van der Waals surface area contributed by atoms with Gasteiger partial charge in [0.25, 0.3) is 0 Å². The molecule has 0 aliphatic carbocycles. The predicted molar refractivity (Wildman–Crippen MR) is 249 cm³/mol. The number of benzene rings is 9. The van der Waals surface area contributed by atoms with Crippen molar-refractivity contribution in [2.45, 2.75) is 0 Å². The molecule has 0 aliphatic rings. The Kier molecular flexibility index (Phi) is 8.52. The van der Waals surface area contributed by atoms with E-state index in [9.17, 15) is 0 Å². The van der Waals surface area contributed by atoms with Gasteiger partial charge in [-0.3, -0.25) is 0 Å². The summed E-state index contributed by atoms with van der Waals surface area (Å²) >= 11 is 0. The van der Waals surface area contributed by atoms with Crippen LogP contribution in [0.2, 0.25) is 0 Å². The molecule has 0 spiro atoms. The van der Waals surface area contributed by atoms with Crippen LogP contribution < -0.4 is 5.32 Å². The Morgan fingerprint density at radius 1 is 0.417 bits per heavy atom. The summed E-state index contributed by atoms with van der Waals surface area (Å²) in [6.07, 6.45) is 1.45. The maximum Gasteiger partial charge on any atom is 0.164 e. The second-order valence-electron chi connectivity index (χ2n) is 14.9. The molecular weight excluding hydrogens is 733 g/mol. The molecule has 2 N–H and O–H groups in total. The van der Waals surface area contributed by atoms with Gasteiger partial charge in [0.15, 0.2) is 17.5 Å². The van der Waals surface area contributed by atoms with Gasteiger partial charge in [-0.25, -0.2) is 15.0 Å². The first-order valence-electron chi connectivity index (χ1n) is 20.0. The number of hydrogen-bond acceptors (Lipinski definition) is 5. The highest BCUT2D eigenvalue weighted by Crippen LogP contribution is 2.42. The average molecular weight is 769 g/mol. The highest BCUT2D eigenvalue weighted by atomic mass is 15.0. The van der Waals surface area contributed by atoms with Crippen LogP contribution in [0.4, 0.5) is 11.4 Å². The molecule has 6 heteroatoms. The Morgan fingerprint density at radius 2 is 0.983 bits per heavy atom. The minimum absolute atomic E-state index is 0.609. The molecule has 0 amide bonds. The van der Waals surface area contributed by atoms with Gasteiger partial charge < -0.3 is 15.3 Å². The first-order chi connectivity index (χ1) is 29.7. The second-order valence-corrected chi connectivity index (χ2v) is 14.9. The summed E-state index contributed by atoms with van der Waals surface area (Å²) in [6, 6.07) is 69.2. The van der Waals surface area contributed by atoms with Crippen LogP contribution in [0.1, 0.15) is 5.56 Å². The van der Waals surface area contributed by atoms with Crippen molar-refractivity contribution in [1.29, 1.82) is 5.41 Å². The van der Waals surface area contributed by atoms with E-state index in [2.05, 4.69) is 143 Å². The number of anilines is 2. The van der Waals surface area contributed by atoms with E-state index in [1.54, 1.807) is 0 Å². The Labute approximate surface area is 346 Å². The van der Waals surface area contributed by atoms with Crippen LogP contribution in [0.15, 0.2) is 200 Å². The zero-order valence-corrected chi connectivity index (χ0v) is 32.4. The lowest BCUT2D eigenvalue weighted by atomic mass is 9.97. The Balaban J connectivity index is 1.01. The molecule has 11 aromatic rings. The number of rotatable bonds is 8. The van der Waals surface area contributed by atoms with Gasteiger partial charge in [-0.1, -0.05) is 152 Å². The van der Waals surface area contributed by atoms with Gasteiger partial charge in [-0.15, -0.1) is 0 Å². The van der Waals surface area contributed by atoms with Gasteiger partial charge in [0, 0.05) is 56.3 Å². The first kappa shape index (κ1) is 35.0. The van der Waals surface area contributed by atoms with Crippen LogP contribution in [0.5, 0.6) is 0 Å². The van der Waals surface area contributed by atoms with Crippen LogP contribution in [0.3, 0.4) is 0 Å². The molecule has 0 bridgehead atoms. The van der Waals surface area contributed by atoms with Gasteiger partial charge in [0.1, 0.15) is 0 Å². The molecule has 0 saturated heterocycles. The summed E-state index contributed by atoms with van der Waals surface area (Å²) < 4.78 is 2.35. The van der Waals surface area contributed by atoms with Crippen molar-refractivity contribution in [2.24, 2.45) is 0 Å². The molecule has 2 aromatic heterocycles. The molecule has 11 rings (SSSR count). The van der Waals surface area contributed by atoms with E-state index < -0.39 is 0 Å². The fraction of sp³-hybridized carbons (Fsp3) is 0. The third-order valence-corrected chi connectivity index (χ3v) is 11.3. The number of fused-ring (bicyclic) bond motifs is 7. The highest BCUT2D eigenvalue weighted by molar-refractivity contribution is 6.28. The Morgan fingerprint density at radius 3 is 1.70 bits per heavy atom. The zero-order valence-electron chi connectivity index (χ0n) is 32.4. The zero-order chi connectivity index (χ0) is 40.0. The van der Waals surface area contributed by atoms with Crippen molar-refractivity contribution in [3.8, 4) is 51.0 Å². The maximum atomic E-state index is 8.63. The molecule has 2 heterocycles. The van der Waals surface area contributed by atoms with Crippen LogP contribution in [-0.4, -0.2) is 25.7 Å². The molecule has 6 nitrogen and oxygen atoms in total. The molecule has 282 valence electrons. The lowest BCUT2D eigenvalue weighted by Crippen LogP contribution is -2.00. The van der Waals surface area contributed by atoms with Gasteiger partial charge in [-0.2, -0.15) is 0 Å². The number of aromatic nitrogens is 4. The van der Waals surface area contributed by atoms with E-state index in [-0.39, 0.29) is 0 Å². The highest BCUT2D eigenvalue weighted by Gasteiger charge is 2.19. The molecule has 0 aliphatic heterocycles. The summed E-state index contributed by atoms with van der Waals surface area (Å²) in [5.41, 5.74) is 10.7. The third-order valence-electron chi connectivity index (χ3n) is 11.3. The topological polar surface area (TPSA) is 79.5 Å². The minimum Gasteiger partial charge on any atom is -0.355 e. The van der Waals surface area contributed by atoms with E-state index in [4.69, 9.17) is 20.4 Å². The van der Waals surface area contributed by atoms with Crippen molar-refractivity contribution in [2.75, 3.05) is 5.32 Å². The molecule has 0 fully saturated rings. The molecule has 0 atom stereocenters. The molecule has 0 saturated carbocycles. The van der Waals surface area contributed by atoms with Gasteiger partial charge in [-0.05, 0) is 81.2 Å². The third kappa shape index (κ3) is 6.15. The van der Waals surface area contributed by atoms with Gasteiger partial charge in [0.2, 0.25) is 0 Å². The van der Waals surface area contributed by atoms with E-state index in [0.717, 1.165) is 66.9 Å². The van der Waals surface area contributed by atoms with Gasteiger partial charge in [0.05, 0.1) is 11.0 Å². The predicted octanol–water partition coefficient (Wildman–Crippen LogP) is 13.7. The Bertz CT molecular complexity index is 3350. The summed E-state index contributed by atoms with van der Waals surface area (Å²) in [6.45, 7) is 0. The molecule has 60 heavy (non-hydrogen) atoms. The fourth-order valence-corrected chi connectivity index (χ4v) is 8.46. The summed E-state index contributed by atoms with van der Waals surface area (Å²) in [7, 11) is 0. The summed E-state index contributed by atoms with van der Waals surface area (Å²) in [5, 5.41) is 19.5. The average Bonchev–Trinajstić information content (AvgIpc) is 3.65. The van der Waals surface area contributed by atoms with E-state index in [1.807, 2.05) is 66.7 Å². The second kappa shape index (κ2) is 14.6. The van der Waals surface area contributed by atoms with E-state index >= 15 is 0 Å². The van der Waals surface area contributed by atoms with Crippen LogP contribution in [0.25, 0.3) is 94.3 Å². The molecule has 9 aromatic carbocycles. The van der Waals surface area contributed by atoms with Gasteiger partial charge >= 0.3 is 0 Å². The molecular formula is C54H36N6. The van der Waals surface area contributed by atoms with E-state index in [1.165, 1.54) is 33.1 Å². The Hall–Kier alpha value is -8.22. The van der Waals surface area contributed by atoms with Crippen molar-refractivity contribution in [1.82, 2.24) is 19.5 Å². The summed E-state index contributed by atoms with van der Waals surface area (Å²) in [5.74, 6) is 1.86. The number of hydrogen-bond donors (Lipinski definition) is 2. The molecule has 0 radical (unpaired) electrons. The SMILES string of the molecule is N=Cc1cc2c3c4c(ccc5ccccc54)ccc3n(-c3ccccc3)c2cc1Nc1cccc(-c2cccc(-c3nc(-c4ccccc4)nc(-c4ccccc4)n3)c2)c1. The smallest absolute Gasteiger partial charge is 0.164 e. The van der Waals surface area contributed by atoms with Crippen molar-refractivity contribution in [3.63, 3.8) is 0 Å². The number of para-hydroxylation sites is 1. The monoisotopic (exact) mass is 768 g/mol. The van der Waals surface area contributed by atoms with Crippen molar-refractivity contribution >= 4 is 60.9 Å². The minimum atomic E-state index is 0.609. The normalized spacial score (nSPS) is 11.4. The van der Waals surface area contributed by atoms with Crippen LogP contribution >= 0.6 is 0 Å². The lowest BCUT2D eigenvalue weighted by Gasteiger charge is -2.14. The van der Waals surface area contributed by atoms with Crippen molar-refractivity contribution in [3.05, 3.63) is 206 Å². The van der Waals surface area contributed by atoms with E-state index in [0.29, 0.717) is 17.5 Å². The lowest BCUT2D eigenvalue weighted by molar-refractivity contribution is 1.07. The first-order valence-corrected chi connectivity index (χ1v) is 20.0. The maximum absolute atomic E-state index is 8.63. The molecule has 0 unspecified atom stereocenters. The van der Waals surface area contributed by atoms with Crippen LogP contribution in [-0.2, 0) is 0 Å². The quantitative estimate of drug-likeness (QED) is 0.119.